The molecule has 0 bridgehead atoms. The van der Waals surface area contributed by atoms with Crippen molar-refractivity contribution in [2.24, 2.45) is 0 Å². The number of hydrogen-bond acceptors (Lipinski definition) is 5. The molecule has 6 nitrogen and oxygen atoms in total. The van der Waals surface area contributed by atoms with Crippen molar-refractivity contribution in [1.82, 2.24) is 9.47 Å². The minimum atomic E-state index is -0.487. The Kier molecular flexibility index (Phi) is 5.94. The van der Waals surface area contributed by atoms with Crippen LogP contribution in [0.4, 0.5) is 0 Å². The third-order valence-electron chi connectivity index (χ3n) is 5.94. The summed E-state index contributed by atoms with van der Waals surface area (Å²) in [7, 11) is 1.32. The molecule has 0 aliphatic carbocycles. The molecule has 1 aliphatic heterocycles. The molecule has 5 rings (SSSR count). The summed E-state index contributed by atoms with van der Waals surface area (Å²) < 4.78 is 6.36. The standard InChI is InChI=1S/C27H22N2O4S/c1-33-27(32)22-16-28(23-10-6-5-9-21(22)23)25(31)19-11-13-20(14-12-19)26-29(24(30)17-34-26)15-18-7-3-2-4-8-18/h2-14,16,26H,15,17H2,1H3. The molecule has 170 valence electrons. The number of amides is 1. The van der Waals surface area contributed by atoms with Crippen molar-refractivity contribution in [3.05, 3.63) is 107 Å². The van der Waals surface area contributed by atoms with Crippen molar-refractivity contribution in [3.63, 3.8) is 0 Å². The van der Waals surface area contributed by atoms with E-state index in [1.807, 2.05) is 59.5 Å². The van der Waals surface area contributed by atoms with Gasteiger partial charge in [0.15, 0.2) is 0 Å². The second-order valence-corrected chi connectivity index (χ2v) is 9.09. The molecule has 1 aliphatic rings. The zero-order chi connectivity index (χ0) is 23.7. The summed E-state index contributed by atoms with van der Waals surface area (Å²) in [6, 6.07) is 24.5. The fourth-order valence-electron chi connectivity index (χ4n) is 4.23. The lowest BCUT2D eigenvalue weighted by molar-refractivity contribution is -0.128. The highest BCUT2D eigenvalue weighted by atomic mass is 32.2. The Morgan fingerprint density at radius 2 is 1.68 bits per heavy atom. The summed E-state index contributed by atoms with van der Waals surface area (Å²) >= 11 is 1.59. The van der Waals surface area contributed by atoms with Gasteiger partial charge in [-0.15, -0.1) is 11.8 Å². The van der Waals surface area contributed by atoms with Crippen LogP contribution in [0, 0.1) is 0 Å². The molecule has 0 saturated carbocycles. The van der Waals surface area contributed by atoms with Crippen molar-refractivity contribution >= 4 is 40.4 Å². The number of nitrogens with zero attached hydrogens (tertiary/aromatic N) is 2. The molecule has 1 aromatic heterocycles. The first kappa shape index (κ1) is 22.0. The third kappa shape index (κ3) is 3.99. The van der Waals surface area contributed by atoms with Gasteiger partial charge in [-0.2, -0.15) is 0 Å². The number of aromatic nitrogens is 1. The highest BCUT2D eigenvalue weighted by Crippen LogP contribution is 2.39. The molecule has 1 unspecified atom stereocenters. The first-order valence-electron chi connectivity index (χ1n) is 10.8. The molecule has 3 aromatic carbocycles. The van der Waals surface area contributed by atoms with Gasteiger partial charge in [0.1, 0.15) is 5.37 Å². The number of carbonyl (C=O) groups excluding carboxylic acids is 3. The zero-order valence-corrected chi connectivity index (χ0v) is 19.3. The molecule has 2 heterocycles. The summed E-state index contributed by atoms with van der Waals surface area (Å²) in [6.45, 7) is 0.545. The molecular weight excluding hydrogens is 448 g/mol. The van der Waals surface area contributed by atoms with E-state index in [1.54, 1.807) is 36.0 Å². The highest BCUT2D eigenvalue weighted by molar-refractivity contribution is 8.00. The zero-order valence-electron chi connectivity index (χ0n) is 18.5. The lowest BCUT2D eigenvalue weighted by Crippen LogP contribution is -2.27. The van der Waals surface area contributed by atoms with E-state index >= 15 is 0 Å². The Morgan fingerprint density at radius 3 is 2.41 bits per heavy atom. The third-order valence-corrected chi connectivity index (χ3v) is 7.20. The molecule has 7 heteroatoms. The van der Waals surface area contributed by atoms with E-state index < -0.39 is 5.97 Å². The Bertz CT molecular complexity index is 1380. The molecule has 34 heavy (non-hydrogen) atoms. The van der Waals surface area contributed by atoms with E-state index in [2.05, 4.69) is 0 Å². The number of thioether (sulfide) groups is 1. The maximum absolute atomic E-state index is 13.3. The van der Waals surface area contributed by atoms with Crippen LogP contribution in [0.15, 0.2) is 85.1 Å². The minimum absolute atomic E-state index is 0.102. The number of rotatable bonds is 5. The number of fused-ring (bicyclic) bond motifs is 1. The summed E-state index contributed by atoms with van der Waals surface area (Å²) in [6.07, 6.45) is 1.53. The van der Waals surface area contributed by atoms with Crippen LogP contribution in [0.1, 0.15) is 37.2 Å². The second kappa shape index (κ2) is 9.19. The van der Waals surface area contributed by atoms with Crippen LogP contribution in [-0.2, 0) is 16.1 Å². The van der Waals surface area contributed by atoms with E-state index in [0.29, 0.717) is 34.3 Å². The number of methoxy groups -OCH3 is 1. The monoisotopic (exact) mass is 470 g/mol. The van der Waals surface area contributed by atoms with Crippen molar-refractivity contribution < 1.29 is 19.1 Å². The summed E-state index contributed by atoms with van der Waals surface area (Å²) in [5, 5.41) is 0.562. The van der Waals surface area contributed by atoms with Gasteiger partial charge in [-0.1, -0.05) is 60.7 Å². The SMILES string of the molecule is COC(=O)c1cn(C(=O)c2ccc(C3SCC(=O)N3Cc3ccccc3)cc2)c2ccccc12. The van der Waals surface area contributed by atoms with Gasteiger partial charge in [0, 0.05) is 23.7 Å². The minimum Gasteiger partial charge on any atom is -0.465 e. The Balaban J connectivity index is 1.42. The van der Waals surface area contributed by atoms with E-state index in [-0.39, 0.29) is 17.2 Å². The van der Waals surface area contributed by atoms with Gasteiger partial charge in [0.25, 0.3) is 5.91 Å². The van der Waals surface area contributed by atoms with E-state index in [1.165, 1.54) is 17.9 Å². The topological polar surface area (TPSA) is 68.6 Å². The second-order valence-electron chi connectivity index (χ2n) is 8.02. The lowest BCUT2D eigenvalue weighted by atomic mass is 10.1. The lowest BCUT2D eigenvalue weighted by Gasteiger charge is -2.24. The van der Waals surface area contributed by atoms with Gasteiger partial charge in [0.2, 0.25) is 5.91 Å². The highest BCUT2D eigenvalue weighted by Gasteiger charge is 2.32. The molecule has 0 spiro atoms. The first-order valence-corrected chi connectivity index (χ1v) is 11.9. The van der Waals surface area contributed by atoms with Crippen molar-refractivity contribution in [1.29, 1.82) is 0 Å². The normalized spacial score (nSPS) is 15.6. The maximum atomic E-state index is 13.3. The van der Waals surface area contributed by atoms with Gasteiger partial charge in [0.05, 0.1) is 23.9 Å². The van der Waals surface area contributed by atoms with E-state index in [4.69, 9.17) is 4.74 Å². The van der Waals surface area contributed by atoms with Crippen molar-refractivity contribution in [2.75, 3.05) is 12.9 Å². The smallest absolute Gasteiger partial charge is 0.340 e. The van der Waals surface area contributed by atoms with Gasteiger partial charge in [-0.05, 0) is 29.3 Å². The maximum Gasteiger partial charge on any atom is 0.340 e. The van der Waals surface area contributed by atoms with Crippen LogP contribution in [0.5, 0.6) is 0 Å². The number of ether oxygens (including phenoxy) is 1. The van der Waals surface area contributed by atoms with Crippen molar-refractivity contribution in [2.45, 2.75) is 11.9 Å². The number of para-hydroxylation sites is 1. The fourth-order valence-corrected chi connectivity index (χ4v) is 5.42. The largest absolute Gasteiger partial charge is 0.465 e. The van der Waals surface area contributed by atoms with Crippen molar-refractivity contribution in [3.8, 4) is 0 Å². The molecule has 1 amide bonds. The Labute approximate surface area is 201 Å². The summed E-state index contributed by atoms with van der Waals surface area (Å²) in [5.41, 5.74) is 3.53. The van der Waals surface area contributed by atoms with Crippen LogP contribution >= 0.6 is 11.8 Å². The van der Waals surface area contributed by atoms with Crippen LogP contribution in [-0.4, -0.2) is 40.1 Å². The fraction of sp³-hybridized carbons (Fsp3) is 0.148. The van der Waals surface area contributed by atoms with Crippen LogP contribution in [0.3, 0.4) is 0 Å². The number of benzene rings is 3. The summed E-state index contributed by atoms with van der Waals surface area (Å²) in [4.78, 5) is 39.9. The number of carbonyl (C=O) groups is 3. The van der Waals surface area contributed by atoms with E-state index in [9.17, 15) is 14.4 Å². The quantitative estimate of drug-likeness (QED) is 0.389. The predicted molar refractivity (Wildman–Crippen MR) is 132 cm³/mol. The van der Waals surface area contributed by atoms with E-state index in [0.717, 1.165) is 11.1 Å². The molecule has 1 fully saturated rings. The molecule has 0 N–H and O–H groups in total. The van der Waals surface area contributed by atoms with Crippen LogP contribution in [0.25, 0.3) is 10.9 Å². The van der Waals surface area contributed by atoms with Gasteiger partial charge >= 0.3 is 5.97 Å². The first-order chi connectivity index (χ1) is 16.6. The molecule has 1 atom stereocenters. The average molecular weight is 471 g/mol. The predicted octanol–water partition coefficient (Wildman–Crippen LogP) is 4.89. The molecule has 4 aromatic rings. The number of hydrogen-bond donors (Lipinski definition) is 0. The average Bonchev–Trinajstić information content (AvgIpc) is 3.45. The van der Waals surface area contributed by atoms with Gasteiger partial charge in [-0.25, -0.2) is 4.79 Å². The van der Waals surface area contributed by atoms with Gasteiger partial charge < -0.3 is 9.64 Å². The van der Waals surface area contributed by atoms with Crippen LogP contribution < -0.4 is 0 Å². The molecular formula is C27H22N2O4S. The number of esters is 1. The summed E-state index contributed by atoms with van der Waals surface area (Å²) in [5.74, 6) is -0.189. The van der Waals surface area contributed by atoms with Gasteiger partial charge in [-0.3, -0.25) is 14.2 Å². The van der Waals surface area contributed by atoms with Crippen LogP contribution in [0.2, 0.25) is 0 Å². The molecule has 0 radical (unpaired) electrons. The Hall–Kier alpha value is -3.84. The Morgan fingerprint density at radius 1 is 0.971 bits per heavy atom. The molecule has 1 saturated heterocycles.